The second-order valence-corrected chi connectivity index (χ2v) is 6.28. The second-order valence-electron chi connectivity index (χ2n) is 6.28. The van der Waals surface area contributed by atoms with Crippen LogP contribution in [0.4, 0.5) is 5.69 Å². The Labute approximate surface area is 138 Å². The van der Waals surface area contributed by atoms with Gasteiger partial charge in [0.25, 0.3) is 5.91 Å². The van der Waals surface area contributed by atoms with E-state index < -0.39 is 0 Å². The lowest BCUT2D eigenvalue weighted by Crippen LogP contribution is -2.23. The average molecular weight is 322 g/mol. The van der Waals surface area contributed by atoms with Crippen LogP contribution in [0.3, 0.4) is 0 Å². The van der Waals surface area contributed by atoms with Crippen LogP contribution in [-0.2, 0) is 26.9 Å². The van der Waals surface area contributed by atoms with Crippen molar-refractivity contribution in [3.63, 3.8) is 0 Å². The number of carbonyl (C=O) groups is 1. The molecule has 122 valence electrons. The van der Waals surface area contributed by atoms with Gasteiger partial charge < -0.3 is 9.88 Å². The summed E-state index contributed by atoms with van der Waals surface area (Å²) in [5, 5.41) is 7.40. The van der Waals surface area contributed by atoms with Crippen molar-refractivity contribution < 1.29 is 4.79 Å². The Bertz CT molecular complexity index is 1030. The SMILES string of the molecule is Cn1cc(C(=O)Nc2ccc3c(c2)CCC3)c(=O)c2cnn(C)c21. The van der Waals surface area contributed by atoms with Crippen LogP contribution in [0.2, 0.25) is 0 Å². The number of hydrogen-bond donors (Lipinski definition) is 1. The Kier molecular flexibility index (Phi) is 3.26. The van der Waals surface area contributed by atoms with Gasteiger partial charge in [0.2, 0.25) is 5.43 Å². The van der Waals surface area contributed by atoms with Gasteiger partial charge in [0.1, 0.15) is 11.2 Å². The first-order valence-corrected chi connectivity index (χ1v) is 7.99. The van der Waals surface area contributed by atoms with E-state index in [9.17, 15) is 9.59 Å². The van der Waals surface area contributed by atoms with Gasteiger partial charge in [0.15, 0.2) is 0 Å². The van der Waals surface area contributed by atoms with E-state index in [-0.39, 0.29) is 16.9 Å². The molecular formula is C18H18N4O2. The van der Waals surface area contributed by atoms with E-state index >= 15 is 0 Å². The smallest absolute Gasteiger partial charge is 0.261 e. The zero-order valence-electron chi connectivity index (χ0n) is 13.7. The number of aromatic nitrogens is 3. The molecule has 0 radical (unpaired) electrons. The van der Waals surface area contributed by atoms with Gasteiger partial charge in [-0.2, -0.15) is 5.10 Å². The molecule has 0 saturated carbocycles. The van der Waals surface area contributed by atoms with E-state index in [2.05, 4.69) is 16.5 Å². The summed E-state index contributed by atoms with van der Waals surface area (Å²) in [5.74, 6) is -0.390. The number of fused-ring (bicyclic) bond motifs is 2. The highest BCUT2D eigenvalue weighted by atomic mass is 16.2. The van der Waals surface area contributed by atoms with E-state index in [1.54, 1.807) is 29.5 Å². The maximum absolute atomic E-state index is 12.6. The third kappa shape index (κ3) is 2.22. The van der Waals surface area contributed by atoms with Crippen molar-refractivity contribution in [2.24, 2.45) is 14.1 Å². The lowest BCUT2D eigenvalue weighted by molar-refractivity contribution is 0.102. The van der Waals surface area contributed by atoms with Crippen molar-refractivity contribution in [1.82, 2.24) is 14.3 Å². The van der Waals surface area contributed by atoms with E-state index in [4.69, 9.17) is 0 Å². The summed E-state index contributed by atoms with van der Waals surface area (Å²) in [6.45, 7) is 0. The van der Waals surface area contributed by atoms with E-state index in [1.165, 1.54) is 17.3 Å². The first kappa shape index (κ1) is 14.7. The summed E-state index contributed by atoms with van der Waals surface area (Å²) in [6, 6.07) is 5.96. The summed E-state index contributed by atoms with van der Waals surface area (Å²) >= 11 is 0. The Balaban J connectivity index is 1.71. The predicted molar refractivity (Wildman–Crippen MR) is 92.4 cm³/mol. The summed E-state index contributed by atoms with van der Waals surface area (Å²) < 4.78 is 3.38. The van der Waals surface area contributed by atoms with Crippen molar-refractivity contribution in [3.8, 4) is 0 Å². The lowest BCUT2D eigenvalue weighted by Gasteiger charge is -2.09. The fraction of sp³-hybridized carbons (Fsp3) is 0.278. The zero-order valence-corrected chi connectivity index (χ0v) is 13.7. The molecule has 0 unspecified atom stereocenters. The molecule has 0 saturated heterocycles. The quantitative estimate of drug-likeness (QED) is 0.785. The van der Waals surface area contributed by atoms with E-state index in [1.807, 2.05) is 12.1 Å². The van der Waals surface area contributed by atoms with Gasteiger partial charge in [-0.25, -0.2) is 0 Å². The Morgan fingerprint density at radius 3 is 2.83 bits per heavy atom. The normalized spacial score (nSPS) is 13.2. The fourth-order valence-electron chi connectivity index (χ4n) is 3.48. The number of carbonyl (C=O) groups excluding carboxylic acids is 1. The zero-order chi connectivity index (χ0) is 16.8. The molecule has 1 N–H and O–H groups in total. The topological polar surface area (TPSA) is 68.9 Å². The van der Waals surface area contributed by atoms with Gasteiger partial charge in [-0.15, -0.1) is 0 Å². The molecular weight excluding hydrogens is 304 g/mol. The molecule has 0 spiro atoms. The molecule has 0 bridgehead atoms. The van der Waals surface area contributed by atoms with Gasteiger partial charge in [-0.05, 0) is 42.5 Å². The van der Waals surface area contributed by atoms with Crippen LogP contribution in [0, 0.1) is 0 Å². The van der Waals surface area contributed by atoms with E-state index in [0.29, 0.717) is 11.0 Å². The van der Waals surface area contributed by atoms with Gasteiger partial charge in [0, 0.05) is 26.0 Å². The molecule has 2 heterocycles. The number of nitrogens with one attached hydrogen (secondary N) is 1. The number of aryl methyl sites for hydroxylation is 4. The Morgan fingerprint density at radius 1 is 1.21 bits per heavy atom. The number of amides is 1. The minimum atomic E-state index is -0.390. The molecule has 2 aromatic heterocycles. The van der Waals surface area contributed by atoms with Gasteiger partial charge in [-0.1, -0.05) is 6.07 Å². The van der Waals surface area contributed by atoms with Crippen LogP contribution in [-0.4, -0.2) is 20.3 Å². The van der Waals surface area contributed by atoms with Crippen molar-refractivity contribution in [2.45, 2.75) is 19.3 Å². The first-order valence-electron chi connectivity index (χ1n) is 7.99. The minimum absolute atomic E-state index is 0.124. The van der Waals surface area contributed by atoms with E-state index in [0.717, 1.165) is 24.9 Å². The standard InChI is InChI=1S/C18H18N4O2/c1-21-10-15(16(23)14-9-19-22(2)18(14)21)17(24)20-13-7-6-11-4-3-5-12(11)8-13/h6-10H,3-5H2,1-2H3,(H,20,24). The molecule has 0 fully saturated rings. The highest BCUT2D eigenvalue weighted by molar-refractivity contribution is 6.05. The van der Waals surface area contributed by atoms with Gasteiger partial charge in [-0.3, -0.25) is 14.3 Å². The number of benzene rings is 1. The minimum Gasteiger partial charge on any atom is -0.335 e. The molecule has 1 amide bonds. The van der Waals surface area contributed by atoms with Crippen LogP contribution < -0.4 is 10.7 Å². The summed E-state index contributed by atoms with van der Waals surface area (Å²) in [4.78, 5) is 25.2. The third-order valence-electron chi connectivity index (χ3n) is 4.65. The molecule has 1 aliphatic carbocycles. The first-order chi connectivity index (χ1) is 11.5. The van der Waals surface area contributed by atoms with Crippen molar-refractivity contribution in [3.05, 3.63) is 57.5 Å². The second kappa shape index (κ2) is 5.33. The maximum Gasteiger partial charge on any atom is 0.261 e. The van der Waals surface area contributed by atoms with Crippen LogP contribution in [0.25, 0.3) is 11.0 Å². The molecule has 0 aliphatic heterocycles. The molecule has 0 atom stereocenters. The van der Waals surface area contributed by atoms with Crippen molar-refractivity contribution in [2.75, 3.05) is 5.32 Å². The molecule has 6 nitrogen and oxygen atoms in total. The van der Waals surface area contributed by atoms with Crippen LogP contribution >= 0.6 is 0 Å². The predicted octanol–water partition coefficient (Wildman–Crippen LogP) is 2.01. The maximum atomic E-state index is 12.6. The largest absolute Gasteiger partial charge is 0.335 e. The van der Waals surface area contributed by atoms with Crippen LogP contribution in [0.5, 0.6) is 0 Å². The Morgan fingerprint density at radius 2 is 2.00 bits per heavy atom. The molecule has 1 aliphatic rings. The highest BCUT2D eigenvalue weighted by Crippen LogP contribution is 2.25. The molecule has 1 aromatic carbocycles. The number of pyridine rings is 1. The number of hydrogen-bond acceptors (Lipinski definition) is 3. The molecule has 3 aromatic rings. The van der Waals surface area contributed by atoms with Crippen LogP contribution in [0.15, 0.2) is 35.4 Å². The number of nitrogens with zero attached hydrogens (tertiary/aromatic N) is 3. The van der Waals surface area contributed by atoms with Crippen molar-refractivity contribution >= 4 is 22.6 Å². The highest BCUT2D eigenvalue weighted by Gasteiger charge is 2.18. The summed E-state index contributed by atoms with van der Waals surface area (Å²) in [5.41, 5.74) is 3.88. The summed E-state index contributed by atoms with van der Waals surface area (Å²) in [7, 11) is 3.57. The van der Waals surface area contributed by atoms with Crippen molar-refractivity contribution in [1.29, 1.82) is 0 Å². The molecule has 6 heteroatoms. The molecule has 24 heavy (non-hydrogen) atoms. The third-order valence-corrected chi connectivity index (χ3v) is 4.65. The Hall–Kier alpha value is -2.89. The lowest BCUT2D eigenvalue weighted by atomic mass is 10.1. The monoisotopic (exact) mass is 322 g/mol. The fourth-order valence-corrected chi connectivity index (χ4v) is 3.48. The van der Waals surface area contributed by atoms with Gasteiger partial charge in [0.05, 0.1) is 11.6 Å². The van der Waals surface area contributed by atoms with Crippen LogP contribution in [0.1, 0.15) is 27.9 Å². The summed E-state index contributed by atoms with van der Waals surface area (Å²) in [6.07, 6.45) is 6.37. The number of rotatable bonds is 2. The average Bonchev–Trinajstić information content (AvgIpc) is 3.17. The van der Waals surface area contributed by atoms with Gasteiger partial charge >= 0.3 is 0 Å². The molecule has 4 rings (SSSR count). The number of anilines is 1.